The predicted molar refractivity (Wildman–Crippen MR) is 201 cm³/mol. The van der Waals surface area contributed by atoms with Crippen LogP contribution in [-0.4, -0.2) is 35.7 Å². The van der Waals surface area contributed by atoms with Crippen LogP contribution in [0.4, 0.5) is 0 Å². The number of hydrogen-bond donors (Lipinski definition) is 0. The molecular weight excluding hydrogens is 600 g/mol. The lowest BCUT2D eigenvalue weighted by Gasteiger charge is -2.35. The molecule has 284 valence electrons. The van der Waals surface area contributed by atoms with Crippen molar-refractivity contribution in [3.8, 4) is 0 Å². The zero-order chi connectivity index (χ0) is 36.3. The van der Waals surface area contributed by atoms with Crippen LogP contribution in [0, 0.1) is 11.3 Å². The molecule has 48 heavy (non-hydrogen) atoms. The quantitative estimate of drug-likeness (QED) is 0.0325. The third-order valence-electron chi connectivity index (χ3n) is 9.18. The lowest BCUT2D eigenvalue weighted by atomic mass is 9.77. The van der Waals surface area contributed by atoms with Gasteiger partial charge in [-0.05, 0) is 79.6 Å². The third-order valence-corrected chi connectivity index (χ3v) is 9.18. The molecule has 0 saturated heterocycles. The minimum Gasteiger partial charge on any atom is -0.465 e. The van der Waals surface area contributed by atoms with Crippen LogP contribution < -0.4 is 0 Å². The molecule has 0 radical (unpaired) electrons. The van der Waals surface area contributed by atoms with Gasteiger partial charge in [-0.1, -0.05) is 143 Å². The van der Waals surface area contributed by atoms with E-state index in [0.29, 0.717) is 31.8 Å². The van der Waals surface area contributed by atoms with Gasteiger partial charge in [0.15, 0.2) is 5.41 Å². The average Bonchev–Trinajstić information content (AvgIpc) is 2.99. The summed E-state index contributed by atoms with van der Waals surface area (Å²) >= 11 is 0. The maximum atomic E-state index is 13.8. The van der Waals surface area contributed by atoms with E-state index in [-0.39, 0.29) is 5.97 Å². The molecule has 0 aliphatic heterocycles. The predicted octanol–water partition coefficient (Wildman–Crippen LogP) is 12.6. The SMILES string of the molecule is CCCCCCCCCCC(CCCCCCCCC(=O)OCC(CCCC)CCCCCC)(C(=O)OC(C)(C)C)C(=O)OC(C)(C)C. The van der Waals surface area contributed by atoms with E-state index in [4.69, 9.17) is 14.2 Å². The van der Waals surface area contributed by atoms with E-state index in [2.05, 4.69) is 20.8 Å². The summed E-state index contributed by atoms with van der Waals surface area (Å²) in [6.07, 6.45) is 25.8. The van der Waals surface area contributed by atoms with Gasteiger partial charge in [-0.15, -0.1) is 0 Å². The van der Waals surface area contributed by atoms with Crippen LogP contribution >= 0.6 is 0 Å². The van der Waals surface area contributed by atoms with Gasteiger partial charge in [0, 0.05) is 6.42 Å². The Kier molecular flexibility index (Phi) is 26.3. The normalized spacial score (nSPS) is 12.9. The molecular formula is C42H80O6. The van der Waals surface area contributed by atoms with Gasteiger partial charge in [-0.3, -0.25) is 14.4 Å². The molecule has 0 rings (SSSR count). The van der Waals surface area contributed by atoms with Crippen LogP contribution in [0.25, 0.3) is 0 Å². The molecule has 0 aromatic heterocycles. The fourth-order valence-corrected chi connectivity index (χ4v) is 6.28. The zero-order valence-corrected chi connectivity index (χ0v) is 33.4. The third kappa shape index (κ3) is 24.5. The highest BCUT2D eigenvalue weighted by atomic mass is 16.6. The van der Waals surface area contributed by atoms with Gasteiger partial charge >= 0.3 is 17.9 Å². The Morgan fingerprint density at radius 1 is 0.479 bits per heavy atom. The number of ether oxygens (including phenoxy) is 3. The van der Waals surface area contributed by atoms with Crippen LogP contribution in [0.1, 0.15) is 223 Å². The Balaban J connectivity index is 4.95. The Hall–Kier alpha value is -1.59. The van der Waals surface area contributed by atoms with Crippen molar-refractivity contribution in [1.29, 1.82) is 0 Å². The summed E-state index contributed by atoms with van der Waals surface area (Å²) in [4.78, 5) is 40.0. The molecule has 0 heterocycles. The van der Waals surface area contributed by atoms with Gasteiger partial charge in [0.25, 0.3) is 0 Å². The summed E-state index contributed by atoms with van der Waals surface area (Å²) in [5.74, 6) is -0.451. The van der Waals surface area contributed by atoms with Crippen molar-refractivity contribution in [3.05, 3.63) is 0 Å². The largest absolute Gasteiger partial charge is 0.465 e. The van der Waals surface area contributed by atoms with Crippen molar-refractivity contribution in [1.82, 2.24) is 0 Å². The van der Waals surface area contributed by atoms with Gasteiger partial charge in [0.2, 0.25) is 0 Å². The summed E-state index contributed by atoms with van der Waals surface area (Å²) in [6.45, 7) is 18.4. The first-order valence-electron chi connectivity index (χ1n) is 20.3. The number of esters is 3. The molecule has 6 heteroatoms. The second-order valence-corrected chi connectivity index (χ2v) is 16.5. The van der Waals surface area contributed by atoms with Crippen LogP contribution in [0.2, 0.25) is 0 Å². The molecule has 6 nitrogen and oxygen atoms in total. The van der Waals surface area contributed by atoms with Gasteiger partial charge in [0.1, 0.15) is 11.2 Å². The molecule has 0 fully saturated rings. The lowest BCUT2D eigenvalue weighted by Crippen LogP contribution is -2.46. The summed E-state index contributed by atoms with van der Waals surface area (Å²) < 4.78 is 17.5. The highest BCUT2D eigenvalue weighted by Gasteiger charge is 2.50. The number of unbranched alkanes of at least 4 members (excludes halogenated alkanes) is 16. The molecule has 0 bridgehead atoms. The molecule has 0 aliphatic rings. The van der Waals surface area contributed by atoms with Crippen molar-refractivity contribution < 1.29 is 28.6 Å². The average molecular weight is 681 g/mol. The van der Waals surface area contributed by atoms with Gasteiger partial charge in [-0.2, -0.15) is 0 Å². The fourth-order valence-electron chi connectivity index (χ4n) is 6.28. The number of hydrogen-bond acceptors (Lipinski definition) is 6. The Morgan fingerprint density at radius 2 is 0.854 bits per heavy atom. The first-order chi connectivity index (χ1) is 22.7. The van der Waals surface area contributed by atoms with E-state index < -0.39 is 28.6 Å². The van der Waals surface area contributed by atoms with Crippen molar-refractivity contribution in [2.24, 2.45) is 11.3 Å². The van der Waals surface area contributed by atoms with Crippen molar-refractivity contribution in [2.75, 3.05) is 6.61 Å². The van der Waals surface area contributed by atoms with Crippen LogP contribution in [-0.2, 0) is 28.6 Å². The monoisotopic (exact) mass is 681 g/mol. The second kappa shape index (κ2) is 27.2. The van der Waals surface area contributed by atoms with Crippen LogP contribution in [0.5, 0.6) is 0 Å². The van der Waals surface area contributed by atoms with Crippen molar-refractivity contribution >= 4 is 17.9 Å². The smallest absolute Gasteiger partial charge is 0.324 e. The zero-order valence-electron chi connectivity index (χ0n) is 33.4. The maximum Gasteiger partial charge on any atom is 0.324 e. The summed E-state index contributed by atoms with van der Waals surface area (Å²) in [5.41, 5.74) is -2.65. The first kappa shape index (κ1) is 46.4. The second-order valence-electron chi connectivity index (χ2n) is 16.5. The van der Waals surface area contributed by atoms with Gasteiger partial charge < -0.3 is 14.2 Å². The number of carbonyl (C=O) groups is 3. The first-order valence-corrected chi connectivity index (χ1v) is 20.3. The Morgan fingerprint density at radius 3 is 1.29 bits per heavy atom. The number of carbonyl (C=O) groups excluding carboxylic acids is 3. The maximum absolute atomic E-state index is 13.8. The molecule has 0 aliphatic carbocycles. The Labute approximate surface area is 298 Å². The molecule has 0 N–H and O–H groups in total. The summed E-state index contributed by atoms with van der Waals surface area (Å²) in [6, 6.07) is 0. The minimum absolute atomic E-state index is 0.0643. The highest BCUT2D eigenvalue weighted by Crippen LogP contribution is 2.38. The van der Waals surface area contributed by atoms with E-state index in [0.717, 1.165) is 70.6 Å². The molecule has 0 saturated carbocycles. The van der Waals surface area contributed by atoms with Crippen LogP contribution in [0.3, 0.4) is 0 Å². The van der Waals surface area contributed by atoms with E-state index in [9.17, 15) is 14.4 Å². The topological polar surface area (TPSA) is 78.9 Å². The number of rotatable bonds is 30. The van der Waals surface area contributed by atoms with Crippen LogP contribution in [0.15, 0.2) is 0 Å². The van der Waals surface area contributed by atoms with Crippen molar-refractivity contribution in [2.45, 2.75) is 234 Å². The fraction of sp³-hybridized carbons (Fsp3) is 0.929. The molecule has 0 aromatic carbocycles. The molecule has 1 atom stereocenters. The summed E-state index contributed by atoms with van der Waals surface area (Å²) in [5, 5.41) is 0. The Bertz CT molecular complexity index is 793. The molecule has 0 aromatic rings. The lowest BCUT2D eigenvalue weighted by molar-refractivity contribution is -0.187. The van der Waals surface area contributed by atoms with Gasteiger partial charge in [-0.25, -0.2) is 0 Å². The molecule has 0 spiro atoms. The van der Waals surface area contributed by atoms with Crippen molar-refractivity contribution in [3.63, 3.8) is 0 Å². The van der Waals surface area contributed by atoms with Gasteiger partial charge in [0.05, 0.1) is 6.61 Å². The molecule has 0 amide bonds. The van der Waals surface area contributed by atoms with E-state index in [1.54, 1.807) is 0 Å². The summed E-state index contributed by atoms with van der Waals surface area (Å²) in [7, 11) is 0. The standard InChI is InChI=1S/C42H80O6/c1-10-13-16-18-19-21-24-28-33-42(38(44)47-40(4,5)6,39(45)48-41(7,8)9)34-29-25-22-20-23-27-32-37(43)46-35-36(30-15-12-3)31-26-17-14-11-2/h36H,10-35H2,1-9H3. The highest BCUT2D eigenvalue weighted by molar-refractivity contribution is 6.00. The van der Waals surface area contributed by atoms with E-state index in [1.807, 2.05) is 41.5 Å². The van der Waals surface area contributed by atoms with E-state index in [1.165, 1.54) is 70.6 Å². The van der Waals surface area contributed by atoms with E-state index >= 15 is 0 Å². The molecule has 1 unspecified atom stereocenters. The minimum atomic E-state index is -1.28.